The van der Waals surface area contributed by atoms with Crippen molar-refractivity contribution in [3.63, 3.8) is 0 Å². The highest BCUT2D eigenvalue weighted by molar-refractivity contribution is 7.98. The number of phenols is 1. The van der Waals surface area contributed by atoms with Gasteiger partial charge in [-0.25, -0.2) is 4.98 Å². The molecule has 0 bridgehead atoms. The molecular weight excluding hydrogens is 334 g/mol. The molecule has 0 aliphatic carbocycles. The molecule has 5 N–H and O–H groups in total. The third kappa shape index (κ3) is 3.20. The molecule has 0 atom stereocenters. The minimum atomic E-state index is -0.0531. The lowest BCUT2D eigenvalue weighted by Gasteiger charge is -2.10. The van der Waals surface area contributed by atoms with Gasteiger partial charge in [-0.3, -0.25) is 0 Å². The van der Waals surface area contributed by atoms with Crippen molar-refractivity contribution in [2.75, 3.05) is 17.7 Å². The number of thioether (sulfide) groups is 1. The van der Waals surface area contributed by atoms with Crippen LogP contribution in [0, 0.1) is 11.3 Å². The number of hydrogen-bond acceptors (Lipinski definition) is 7. The van der Waals surface area contributed by atoms with E-state index in [9.17, 15) is 10.4 Å². The molecule has 3 rings (SSSR count). The van der Waals surface area contributed by atoms with Crippen LogP contribution < -0.4 is 11.5 Å². The zero-order valence-corrected chi connectivity index (χ0v) is 14.2. The first-order chi connectivity index (χ1) is 12.0. The molecule has 1 aromatic heterocycles. The van der Waals surface area contributed by atoms with Gasteiger partial charge in [0, 0.05) is 10.5 Å². The van der Waals surface area contributed by atoms with Gasteiger partial charge in [0.1, 0.15) is 23.2 Å². The number of anilines is 2. The molecule has 0 unspecified atom stereocenters. The van der Waals surface area contributed by atoms with Gasteiger partial charge >= 0.3 is 0 Å². The van der Waals surface area contributed by atoms with Gasteiger partial charge in [-0.1, -0.05) is 18.2 Å². The number of hydrogen-bond donors (Lipinski definition) is 3. The van der Waals surface area contributed by atoms with Gasteiger partial charge in [0.15, 0.2) is 0 Å². The summed E-state index contributed by atoms with van der Waals surface area (Å²) in [4.78, 5) is 9.00. The smallest absolute Gasteiger partial charge is 0.222 e. The van der Waals surface area contributed by atoms with Crippen LogP contribution in [0.2, 0.25) is 0 Å². The first kappa shape index (κ1) is 16.6. The zero-order valence-electron chi connectivity index (χ0n) is 13.4. The first-order valence-corrected chi connectivity index (χ1v) is 8.57. The zero-order chi connectivity index (χ0) is 18.0. The topological polar surface area (TPSA) is 122 Å². The summed E-state index contributed by atoms with van der Waals surface area (Å²) >= 11 is 1.66. The molecule has 3 aromatic rings. The van der Waals surface area contributed by atoms with Gasteiger partial charge in [0.05, 0.1) is 5.69 Å². The highest BCUT2D eigenvalue weighted by atomic mass is 32.2. The number of nitrogens with two attached hydrogens (primary N) is 2. The maximum atomic E-state index is 10.5. The third-order valence-electron chi connectivity index (χ3n) is 3.74. The largest absolute Gasteiger partial charge is 0.507 e. The average Bonchev–Trinajstić information content (AvgIpc) is 2.61. The Balaban J connectivity index is 2.08. The van der Waals surface area contributed by atoms with Crippen molar-refractivity contribution >= 4 is 23.5 Å². The number of nitrogen functional groups attached to an aromatic ring is 2. The van der Waals surface area contributed by atoms with Crippen molar-refractivity contribution in [1.29, 1.82) is 5.26 Å². The summed E-state index contributed by atoms with van der Waals surface area (Å²) in [6, 6.07) is 15.1. The molecule has 2 aromatic carbocycles. The van der Waals surface area contributed by atoms with E-state index in [1.165, 1.54) is 0 Å². The lowest BCUT2D eigenvalue weighted by atomic mass is 10.00. The summed E-state index contributed by atoms with van der Waals surface area (Å²) < 4.78 is 0. The van der Waals surface area contributed by atoms with Crippen molar-refractivity contribution in [2.24, 2.45) is 0 Å². The van der Waals surface area contributed by atoms with Crippen LogP contribution >= 0.6 is 11.8 Å². The van der Waals surface area contributed by atoms with Crippen LogP contribution in [0.1, 0.15) is 5.56 Å². The first-order valence-electron chi connectivity index (χ1n) is 7.34. The van der Waals surface area contributed by atoms with E-state index in [2.05, 4.69) is 9.97 Å². The molecule has 25 heavy (non-hydrogen) atoms. The second-order valence-electron chi connectivity index (χ2n) is 5.26. The fourth-order valence-electron chi connectivity index (χ4n) is 2.50. The summed E-state index contributed by atoms with van der Waals surface area (Å²) in [5, 5.41) is 19.7. The van der Waals surface area contributed by atoms with Gasteiger partial charge in [0.2, 0.25) is 5.95 Å². The standard InChI is InChI=1S/C18H15N5OS/c1-25-12-5-2-10(3-6-12)11-4-7-13(15(24)8-11)16-14(9-19)17(20)23-18(21)22-16/h2-8,24H,1H3,(H4,20,21,22,23). The minimum absolute atomic E-state index is 0.0128. The quantitative estimate of drug-likeness (QED) is 0.620. The van der Waals surface area contributed by atoms with Crippen LogP contribution in [0.3, 0.4) is 0 Å². The van der Waals surface area contributed by atoms with E-state index in [1.54, 1.807) is 23.9 Å². The Labute approximate surface area is 149 Å². The Hall–Kier alpha value is -3.24. The van der Waals surface area contributed by atoms with Crippen molar-refractivity contribution in [1.82, 2.24) is 9.97 Å². The van der Waals surface area contributed by atoms with Crippen molar-refractivity contribution in [3.8, 4) is 34.2 Å². The Bertz CT molecular complexity index is 980. The number of phenolic OH excluding ortho intramolecular Hbond substituents is 1. The molecule has 6 nitrogen and oxygen atoms in total. The van der Waals surface area contributed by atoms with Gasteiger partial charge in [-0.15, -0.1) is 11.8 Å². The highest BCUT2D eigenvalue weighted by Crippen LogP contribution is 2.35. The van der Waals surface area contributed by atoms with E-state index in [4.69, 9.17) is 11.5 Å². The van der Waals surface area contributed by atoms with Gasteiger partial charge in [-0.2, -0.15) is 10.2 Å². The van der Waals surface area contributed by atoms with Gasteiger partial charge in [0.25, 0.3) is 0 Å². The number of nitriles is 1. The second kappa shape index (κ2) is 6.71. The Kier molecular flexibility index (Phi) is 4.46. The van der Waals surface area contributed by atoms with E-state index in [0.29, 0.717) is 5.56 Å². The molecule has 1 heterocycles. The maximum Gasteiger partial charge on any atom is 0.222 e. The number of aromatic hydroxyl groups is 1. The predicted octanol–water partition coefficient (Wildman–Crippen LogP) is 3.27. The van der Waals surface area contributed by atoms with E-state index in [1.807, 2.05) is 42.7 Å². The molecule has 124 valence electrons. The molecule has 0 radical (unpaired) electrons. The molecule has 7 heteroatoms. The Morgan fingerprint density at radius 2 is 1.72 bits per heavy atom. The molecule has 0 aliphatic heterocycles. The van der Waals surface area contributed by atoms with Crippen LogP contribution in [0.25, 0.3) is 22.4 Å². The molecular formula is C18H15N5OS. The molecule has 0 saturated carbocycles. The Morgan fingerprint density at radius 1 is 1.04 bits per heavy atom. The number of benzene rings is 2. The predicted molar refractivity (Wildman–Crippen MR) is 99.9 cm³/mol. The highest BCUT2D eigenvalue weighted by Gasteiger charge is 2.16. The lowest BCUT2D eigenvalue weighted by Crippen LogP contribution is -2.05. The maximum absolute atomic E-state index is 10.5. The summed E-state index contributed by atoms with van der Waals surface area (Å²) in [7, 11) is 0. The molecule has 0 amide bonds. The summed E-state index contributed by atoms with van der Waals surface area (Å²) in [5.74, 6) is -0.0794. The second-order valence-corrected chi connectivity index (χ2v) is 6.14. The van der Waals surface area contributed by atoms with E-state index < -0.39 is 0 Å². The fraction of sp³-hybridized carbons (Fsp3) is 0.0556. The molecule has 0 spiro atoms. The van der Waals surface area contributed by atoms with Crippen LogP contribution in [-0.2, 0) is 0 Å². The van der Waals surface area contributed by atoms with Crippen LogP contribution in [0.4, 0.5) is 11.8 Å². The van der Waals surface area contributed by atoms with Crippen LogP contribution in [0.15, 0.2) is 47.4 Å². The van der Waals surface area contributed by atoms with Crippen LogP contribution in [-0.4, -0.2) is 21.3 Å². The number of rotatable bonds is 3. The van der Waals surface area contributed by atoms with E-state index in [0.717, 1.165) is 16.0 Å². The lowest BCUT2D eigenvalue weighted by molar-refractivity contribution is 0.477. The number of nitrogens with zero attached hydrogens (tertiary/aromatic N) is 3. The van der Waals surface area contributed by atoms with Gasteiger partial charge < -0.3 is 16.6 Å². The monoisotopic (exact) mass is 349 g/mol. The SMILES string of the molecule is CSc1ccc(-c2ccc(-c3nc(N)nc(N)c3C#N)c(O)c2)cc1. The van der Waals surface area contributed by atoms with E-state index in [-0.39, 0.29) is 28.8 Å². The Morgan fingerprint density at radius 3 is 2.32 bits per heavy atom. The molecule has 0 aliphatic rings. The van der Waals surface area contributed by atoms with E-state index >= 15 is 0 Å². The average molecular weight is 349 g/mol. The third-order valence-corrected chi connectivity index (χ3v) is 4.49. The number of aromatic nitrogens is 2. The summed E-state index contributed by atoms with van der Waals surface area (Å²) in [5.41, 5.74) is 13.9. The van der Waals surface area contributed by atoms with Crippen molar-refractivity contribution < 1.29 is 5.11 Å². The van der Waals surface area contributed by atoms with Crippen molar-refractivity contribution in [2.45, 2.75) is 4.90 Å². The van der Waals surface area contributed by atoms with Crippen molar-refractivity contribution in [3.05, 3.63) is 48.0 Å². The fourth-order valence-corrected chi connectivity index (χ4v) is 2.90. The summed E-state index contributed by atoms with van der Waals surface area (Å²) in [6.45, 7) is 0. The normalized spacial score (nSPS) is 10.4. The molecule has 0 fully saturated rings. The van der Waals surface area contributed by atoms with Gasteiger partial charge in [-0.05, 0) is 41.6 Å². The summed E-state index contributed by atoms with van der Waals surface area (Å²) in [6.07, 6.45) is 2.02. The molecule has 0 saturated heterocycles. The minimum Gasteiger partial charge on any atom is -0.507 e. The van der Waals surface area contributed by atoms with Crippen LogP contribution in [0.5, 0.6) is 5.75 Å².